The van der Waals surface area contributed by atoms with Crippen molar-refractivity contribution < 1.29 is 4.74 Å². The molecule has 0 unspecified atom stereocenters. The van der Waals surface area contributed by atoms with Gasteiger partial charge in [-0.2, -0.15) is 12.6 Å². The molecule has 0 aliphatic rings. The summed E-state index contributed by atoms with van der Waals surface area (Å²) in [5, 5.41) is 0. The quantitative estimate of drug-likeness (QED) is 0.517. The lowest BCUT2D eigenvalue weighted by Crippen LogP contribution is -2.24. The van der Waals surface area contributed by atoms with Crippen molar-refractivity contribution >= 4 is 12.6 Å². The first kappa shape index (κ1) is 17.4. The molecular weight excluding hydrogens is 264 g/mol. The summed E-state index contributed by atoms with van der Waals surface area (Å²) in [5.74, 6) is 1.91. The molecule has 0 amide bonds. The van der Waals surface area contributed by atoms with E-state index in [0.717, 1.165) is 31.0 Å². The van der Waals surface area contributed by atoms with Crippen molar-refractivity contribution in [3.05, 3.63) is 29.8 Å². The number of benzene rings is 1. The van der Waals surface area contributed by atoms with Gasteiger partial charge in [0.1, 0.15) is 5.75 Å². The van der Waals surface area contributed by atoms with Gasteiger partial charge in [0.05, 0.1) is 6.61 Å². The fourth-order valence-corrected chi connectivity index (χ4v) is 3.06. The van der Waals surface area contributed by atoms with Crippen LogP contribution in [-0.2, 0) is 5.41 Å². The second-order valence-corrected chi connectivity index (χ2v) is 7.87. The van der Waals surface area contributed by atoms with E-state index in [1.54, 1.807) is 0 Å². The van der Waals surface area contributed by atoms with Gasteiger partial charge in [0.2, 0.25) is 0 Å². The van der Waals surface area contributed by atoms with Crippen molar-refractivity contribution in [1.82, 2.24) is 0 Å². The minimum absolute atomic E-state index is 0.197. The monoisotopic (exact) mass is 294 g/mol. The molecule has 0 spiro atoms. The Morgan fingerprint density at radius 2 is 1.55 bits per heavy atom. The van der Waals surface area contributed by atoms with E-state index in [4.69, 9.17) is 4.74 Å². The van der Waals surface area contributed by atoms with Crippen molar-refractivity contribution in [2.75, 3.05) is 12.4 Å². The highest BCUT2D eigenvalue weighted by Gasteiger charge is 2.27. The van der Waals surface area contributed by atoms with Crippen molar-refractivity contribution in [2.24, 2.45) is 5.41 Å². The average Bonchev–Trinajstić information content (AvgIpc) is 2.32. The van der Waals surface area contributed by atoms with Crippen LogP contribution in [0.25, 0.3) is 0 Å². The van der Waals surface area contributed by atoms with Gasteiger partial charge < -0.3 is 4.74 Å². The summed E-state index contributed by atoms with van der Waals surface area (Å²) in [6.07, 6.45) is 3.35. The van der Waals surface area contributed by atoms with Gasteiger partial charge >= 0.3 is 0 Å². The molecule has 0 radical (unpaired) electrons. The second kappa shape index (κ2) is 7.40. The molecule has 1 nitrogen and oxygen atoms in total. The lowest BCUT2D eigenvalue weighted by Gasteiger charge is -2.33. The summed E-state index contributed by atoms with van der Waals surface area (Å²) < 4.78 is 5.74. The molecule has 0 fully saturated rings. The van der Waals surface area contributed by atoms with Crippen LogP contribution in [0.2, 0.25) is 0 Å². The van der Waals surface area contributed by atoms with Gasteiger partial charge in [0.15, 0.2) is 0 Å². The van der Waals surface area contributed by atoms with Crippen LogP contribution in [0, 0.1) is 5.41 Å². The molecule has 0 aliphatic heterocycles. The zero-order valence-corrected chi connectivity index (χ0v) is 14.6. The van der Waals surface area contributed by atoms with Crippen LogP contribution < -0.4 is 4.74 Å². The topological polar surface area (TPSA) is 9.23 Å². The van der Waals surface area contributed by atoms with E-state index >= 15 is 0 Å². The highest BCUT2D eigenvalue weighted by atomic mass is 32.1. The van der Waals surface area contributed by atoms with Gasteiger partial charge in [-0.1, -0.05) is 46.8 Å². The number of thiol groups is 1. The maximum Gasteiger partial charge on any atom is 0.119 e. The summed E-state index contributed by atoms with van der Waals surface area (Å²) in [7, 11) is 0. The summed E-state index contributed by atoms with van der Waals surface area (Å²) in [5.41, 5.74) is 1.92. The van der Waals surface area contributed by atoms with Gasteiger partial charge in [-0.25, -0.2) is 0 Å². The number of unbranched alkanes of at least 4 members (excludes halogenated alkanes) is 1. The number of hydrogen-bond donors (Lipinski definition) is 1. The van der Waals surface area contributed by atoms with Crippen LogP contribution in [-0.4, -0.2) is 12.4 Å². The van der Waals surface area contributed by atoms with E-state index in [-0.39, 0.29) is 5.41 Å². The van der Waals surface area contributed by atoms with Crippen LogP contribution in [0.15, 0.2) is 24.3 Å². The van der Waals surface area contributed by atoms with E-state index in [9.17, 15) is 0 Å². The van der Waals surface area contributed by atoms with Crippen molar-refractivity contribution in [1.29, 1.82) is 0 Å². The Morgan fingerprint density at radius 3 is 2.05 bits per heavy atom. The fourth-order valence-electron chi connectivity index (χ4n) is 2.83. The first-order valence-electron chi connectivity index (χ1n) is 7.59. The molecular formula is C18H30OS. The Labute approximate surface area is 130 Å². The van der Waals surface area contributed by atoms with E-state index in [1.807, 2.05) is 0 Å². The largest absolute Gasteiger partial charge is 0.494 e. The van der Waals surface area contributed by atoms with E-state index in [1.165, 1.54) is 12.0 Å². The van der Waals surface area contributed by atoms with Crippen LogP contribution in [0.1, 0.15) is 59.4 Å². The van der Waals surface area contributed by atoms with Gasteiger partial charge in [-0.3, -0.25) is 0 Å². The van der Waals surface area contributed by atoms with Crippen LogP contribution >= 0.6 is 12.6 Å². The average molecular weight is 295 g/mol. The molecule has 0 aliphatic carbocycles. The number of hydrogen-bond acceptors (Lipinski definition) is 2. The minimum Gasteiger partial charge on any atom is -0.494 e. The third-order valence-corrected chi connectivity index (χ3v) is 3.75. The van der Waals surface area contributed by atoms with Crippen LogP contribution in [0.4, 0.5) is 0 Å². The minimum atomic E-state index is 0.197. The van der Waals surface area contributed by atoms with Gasteiger partial charge in [0, 0.05) is 0 Å². The van der Waals surface area contributed by atoms with E-state index in [0.29, 0.717) is 5.41 Å². The molecule has 1 rings (SSSR count). The third-order valence-electron chi connectivity index (χ3n) is 3.43. The lowest BCUT2D eigenvalue weighted by atomic mass is 9.72. The van der Waals surface area contributed by atoms with Gasteiger partial charge in [-0.15, -0.1) is 0 Å². The highest BCUT2D eigenvalue weighted by Crippen LogP contribution is 2.36. The maximum absolute atomic E-state index is 5.74. The maximum atomic E-state index is 5.74. The standard InChI is InChI=1S/C18H30OS/c1-17(2,3)14-18(4,5)15-8-10-16(11-9-15)19-12-6-7-13-20/h8-11,20H,6-7,12-14H2,1-5H3. The summed E-state index contributed by atoms with van der Waals surface area (Å²) in [6.45, 7) is 12.3. The Balaban J connectivity index is 2.61. The molecule has 0 atom stereocenters. The lowest BCUT2D eigenvalue weighted by molar-refractivity contribution is 0.283. The van der Waals surface area contributed by atoms with E-state index < -0.39 is 0 Å². The molecule has 2 heteroatoms. The highest BCUT2D eigenvalue weighted by molar-refractivity contribution is 7.80. The molecule has 1 aromatic carbocycles. The summed E-state index contributed by atoms with van der Waals surface area (Å²) >= 11 is 4.20. The number of rotatable bonds is 7. The molecule has 0 bridgehead atoms. The molecule has 0 N–H and O–H groups in total. The smallest absolute Gasteiger partial charge is 0.119 e. The Hall–Kier alpha value is -0.630. The zero-order valence-electron chi connectivity index (χ0n) is 13.7. The Kier molecular flexibility index (Phi) is 6.44. The molecule has 0 saturated carbocycles. The SMILES string of the molecule is CC(C)(C)CC(C)(C)c1ccc(OCCCCS)cc1. The summed E-state index contributed by atoms with van der Waals surface area (Å²) in [6, 6.07) is 8.61. The predicted molar refractivity (Wildman–Crippen MR) is 92.1 cm³/mol. The molecule has 0 aromatic heterocycles. The third kappa shape index (κ3) is 6.21. The van der Waals surface area contributed by atoms with Crippen molar-refractivity contribution in [2.45, 2.75) is 59.3 Å². The molecule has 0 heterocycles. The normalized spacial score (nSPS) is 12.5. The fraction of sp³-hybridized carbons (Fsp3) is 0.667. The van der Waals surface area contributed by atoms with Gasteiger partial charge in [0.25, 0.3) is 0 Å². The molecule has 1 aromatic rings. The zero-order chi connectivity index (χ0) is 15.2. The predicted octanol–water partition coefficient (Wildman–Crippen LogP) is 5.49. The Morgan fingerprint density at radius 1 is 0.950 bits per heavy atom. The Bertz CT molecular complexity index is 387. The van der Waals surface area contributed by atoms with E-state index in [2.05, 4.69) is 71.5 Å². The molecule has 0 saturated heterocycles. The van der Waals surface area contributed by atoms with Gasteiger partial charge in [-0.05, 0) is 53.5 Å². The second-order valence-electron chi connectivity index (χ2n) is 7.42. The first-order valence-corrected chi connectivity index (χ1v) is 8.22. The molecule has 114 valence electrons. The summed E-state index contributed by atoms with van der Waals surface area (Å²) in [4.78, 5) is 0. The number of ether oxygens (including phenoxy) is 1. The van der Waals surface area contributed by atoms with Crippen LogP contribution in [0.3, 0.4) is 0 Å². The first-order chi connectivity index (χ1) is 9.24. The van der Waals surface area contributed by atoms with Crippen molar-refractivity contribution in [3.63, 3.8) is 0 Å². The molecule has 20 heavy (non-hydrogen) atoms. The van der Waals surface area contributed by atoms with Crippen molar-refractivity contribution in [3.8, 4) is 5.75 Å². The van der Waals surface area contributed by atoms with Crippen LogP contribution in [0.5, 0.6) is 5.75 Å².